The fourth-order valence-electron chi connectivity index (χ4n) is 5.55. The molecule has 2 aliphatic rings. The van der Waals surface area contributed by atoms with Crippen LogP contribution in [-0.2, 0) is 16.1 Å². The molecule has 41 heavy (non-hydrogen) atoms. The van der Waals surface area contributed by atoms with Crippen molar-refractivity contribution in [3.05, 3.63) is 59.7 Å². The van der Waals surface area contributed by atoms with E-state index in [-0.39, 0.29) is 0 Å². The molecule has 9 nitrogen and oxygen atoms in total. The van der Waals surface area contributed by atoms with Gasteiger partial charge in [-0.15, -0.1) is 0 Å². The molecule has 2 saturated heterocycles. The van der Waals surface area contributed by atoms with Crippen molar-refractivity contribution in [3.63, 3.8) is 0 Å². The number of aryl methyl sites for hydroxylation is 1. The SMILES string of the molecule is CC(=O)O.CC(=O)O.Cc1cc(N2CCN(CC(C)(C)O)C[C@H]2C)ccc1N1CCN(Cc2ccccc2)[C@@H](C)C1. The summed E-state index contributed by atoms with van der Waals surface area (Å²) in [4.78, 5) is 28.1. The number of aliphatic hydroxyl groups is 1. The molecule has 2 aliphatic heterocycles. The molecule has 228 valence electrons. The Morgan fingerprint density at radius 2 is 1.49 bits per heavy atom. The Kier molecular flexibility index (Phi) is 13.1. The van der Waals surface area contributed by atoms with E-state index in [1.54, 1.807) is 0 Å². The molecular formula is C32H50N4O5. The molecule has 3 N–H and O–H groups in total. The second-order valence-electron chi connectivity index (χ2n) is 11.8. The van der Waals surface area contributed by atoms with E-state index in [2.05, 4.69) is 88.9 Å². The third-order valence-electron chi connectivity index (χ3n) is 7.17. The van der Waals surface area contributed by atoms with Crippen molar-refractivity contribution in [2.75, 3.05) is 55.6 Å². The fraction of sp³-hybridized carbons (Fsp3) is 0.562. The lowest BCUT2D eigenvalue weighted by Gasteiger charge is -2.43. The first-order valence-electron chi connectivity index (χ1n) is 14.4. The van der Waals surface area contributed by atoms with Crippen molar-refractivity contribution in [1.29, 1.82) is 0 Å². The van der Waals surface area contributed by atoms with Crippen LogP contribution in [0.15, 0.2) is 48.5 Å². The molecule has 2 fully saturated rings. The number of hydrogen-bond donors (Lipinski definition) is 3. The highest BCUT2D eigenvalue weighted by atomic mass is 16.4. The summed E-state index contributed by atoms with van der Waals surface area (Å²) in [5.74, 6) is -1.67. The van der Waals surface area contributed by atoms with E-state index in [4.69, 9.17) is 19.8 Å². The van der Waals surface area contributed by atoms with Crippen LogP contribution in [0.2, 0.25) is 0 Å². The number of anilines is 2. The molecule has 2 atom stereocenters. The average Bonchev–Trinajstić information content (AvgIpc) is 2.84. The molecule has 2 heterocycles. The summed E-state index contributed by atoms with van der Waals surface area (Å²) in [7, 11) is 0. The number of nitrogens with zero attached hydrogens (tertiary/aromatic N) is 4. The minimum Gasteiger partial charge on any atom is -0.481 e. The number of β-amino-alcohol motifs (C(OH)–C–C–N with tert-alkyl or cyclic N) is 1. The van der Waals surface area contributed by atoms with Crippen LogP contribution in [0.3, 0.4) is 0 Å². The molecule has 0 radical (unpaired) electrons. The first-order valence-corrected chi connectivity index (χ1v) is 14.4. The highest BCUT2D eigenvalue weighted by molar-refractivity contribution is 5.63. The Morgan fingerprint density at radius 3 is 2.00 bits per heavy atom. The van der Waals surface area contributed by atoms with Gasteiger partial charge < -0.3 is 25.1 Å². The van der Waals surface area contributed by atoms with Crippen molar-refractivity contribution in [2.45, 2.75) is 72.7 Å². The second kappa shape index (κ2) is 15.7. The van der Waals surface area contributed by atoms with Crippen LogP contribution in [0.4, 0.5) is 11.4 Å². The molecule has 0 saturated carbocycles. The van der Waals surface area contributed by atoms with Crippen LogP contribution in [0, 0.1) is 6.92 Å². The lowest BCUT2D eigenvalue weighted by atomic mass is 10.0. The number of piperazine rings is 2. The lowest BCUT2D eigenvalue weighted by molar-refractivity contribution is -0.135. The monoisotopic (exact) mass is 570 g/mol. The minimum atomic E-state index is -0.833. The van der Waals surface area contributed by atoms with Crippen LogP contribution in [0.5, 0.6) is 0 Å². The molecule has 0 aromatic heterocycles. The molecule has 0 aliphatic carbocycles. The smallest absolute Gasteiger partial charge is 0.300 e. The van der Waals surface area contributed by atoms with Gasteiger partial charge in [0.05, 0.1) is 5.60 Å². The van der Waals surface area contributed by atoms with Gasteiger partial charge in [-0.25, -0.2) is 0 Å². The molecule has 0 spiro atoms. The van der Waals surface area contributed by atoms with Crippen molar-refractivity contribution < 1.29 is 24.9 Å². The van der Waals surface area contributed by atoms with E-state index in [1.807, 2.05) is 13.8 Å². The predicted molar refractivity (Wildman–Crippen MR) is 166 cm³/mol. The fourth-order valence-corrected chi connectivity index (χ4v) is 5.55. The predicted octanol–water partition coefficient (Wildman–Crippen LogP) is 4.17. The highest BCUT2D eigenvalue weighted by Crippen LogP contribution is 2.30. The minimum absolute atomic E-state index is 0.438. The number of benzene rings is 2. The van der Waals surface area contributed by atoms with Gasteiger partial charge in [-0.3, -0.25) is 19.4 Å². The topological polar surface area (TPSA) is 108 Å². The van der Waals surface area contributed by atoms with E-state index in [9.17, 15) is 5.11 Å². The van der Waals surface area contributed by atoms with E-state index >= 15 is 0 Å². The molecule has 9 heteroatoms. The van der Waals surface area contributed by atoms with Crippen LogP contribution >= 0.6 is 0 Å². The molecule has 0 bridgehead atoms. The first kappa shape index (κ1) is 34.1. The van der Waals surface area contributed by atoms with Gasteiger partial charge in [0.1, 0.15) is 0 Å². The Bertz CT molecular complexity index is 1090. The van der Waals surface area contributed by atoms with Gasteiger partial charge in [-0.05, 0) is 63.9 Å². The lowest BCUT2D eigenvalue weighted by Crippen LogP contribution is -2.54. The zero-order chi connectivity index (χ0) is 30.7. The van der Waals surface area contributed by atoms with Crippen molar-refractivity contribution >= 4 is 23.3 Å². The zero-order valence-corrected chi connectivity index (χ0v) is 25.9. The van der Waals surface area contributed by atoms with E-state index < -0.39 is 17.5 Å². The van der Waals surface area contributed by atoms with Crippen LogP contribution < -0.4 is 9.80 Å². The summed E-state index contributed by atoms with van der Waals surface area (Å²) >= 11 is 0. The van der Waals surface area contributed by atoms with Gasteiger partial charge in [0.2, 0.25) is 0 Å². The quantitative estimate of drug-likeness (QED) is 0.472. The summed E-state index contributed by atoms with van der Waals surface area (Å²) in [6, 6.07) is 18.8. The van der Waals surface area contributed by atoms with E-state index in [0.717, 1.165) is 66.2 Å². The largest absolute Gasteiger partial charge is 0.481 e. The van der Waals surface area contributed by atoms with Crippen LogP contribution in [-0.4, -0.2) is 101 Å². The third kappa shape index (κ3) is 12.1. The maximum atomic E-state index is 10.2. The number of carboxylic acid groups (broad SMARTS) is 2. The Labute approximate surface area is 246 Å². The molecular weight excluding hydrogens is 520 g/mol. The van der Waals surface area contributed by atoms with Gasteiger partial charge in [-0.2, -0.15) is 0 Å². The number of hydrogen-bond acceptors (Lipinski definition) is 7. The molecule has 2 aromatic carbocycles. The normalized spacial score (nSPS) is 19.9. The average molecular weight is 571 g/mol. The molecule has 4 rings (SSSR count). The van der Waals surface area contributed by atoms with Crippen LogP contribution in [0.1, 0.15) is 52.7 Å². The Balaban J connectivity index is 0.000000653. The van der Waals surface area contributed by atoms with E-state index in [1.165, 1.54) is 22.5 Å². The van der Waals surface area contributed by atoms with Crippen molar-refractivity contribution in [1.82, 2.24) is 9.80 Å². The third-order valence-corrected chi connectivity index (χ3v) is 7.17. The Hall–Kier alpha value is -3.14. The summed E-state index contributed by atoms with van der Waals surface area (Å²) in [5.41, 5.74) is 4.82. The summed E-state index contributed by atoms with van der Waals surface area (Å²) < 4.78 is 0. The summed E-state index contributed by atoms with van der Waals surface area (Å²) in [6.07, 6.45) is 0. The van der Waals surface area contributed by atoms with Crippen molar-refractivity contribution in [3.8, 4) is 0 Å². The number of aliphatic carboxylic acids is 2. The number of carbonyl (C=O) groups is 2. The number of carboxylic acids is 2. The van der Waals surface area contributed by atoms with Gasteiger partial charge >= 0.3 is 0 Å². The standard InChI is InChI=1S/C28H42N4O.2C2H4O2/c1-22-17-26(32-16-13-29(18-24(32)3)21-28(4,5)33)11-12-27(22)31-15-14-30(23(2)19-31)20-25-9-7-6-8-10-25;2*1-2(3)4/h6-12,17,23-24,33H,13-16,18-21H2,1-5H3;2*1H3,(H,3,4)/t23-,24+;;/m0../s1. The van der Waals surface area contributed by atoms with Gasteiger partial charge in [0.15, 0.2) is 0 Å². The maximum Gasteiger partial charge on any atom is 0.300 e. The first-order chi connectivity index (χ1) is 19.2. The molecule has 2 aromatic rings. The zero-order valence-electron chi connectivity index (χ0n) is 25.9. The Morgan fingerprint density at radius 1 is 0.878 bits per heavy atom. The molecule has 0 amide bonds. The van der Waals surface area contributed by atoms with Crippen LogP contribution in [0.25, 0.3) is 0 Å². The number of rotatable bonds is 6. The maximum absolute atomic E-state index is 10.2. The van der Waals surface area contributed by atoms with Gasteiger partial charge in [0.25, 0.3) is 11.9 Å². The molecule has 0 unspecified atom stereocenters. The summed E-state index contributed by atoms with van der Waals surface area (Å²) in [6.45, 7) is 20.9. The highest BCUT2D eigenvalue weighted by Gasteiger charge is 2.28. The second-order valence-corrected chi connectivity index (χ2v) is 11.8. The van der Waals surface area contributed by atoms with E-state index in [0.29, 0.717) is 12.1 Å². The summed E-state index contributed by atoms with van der Waals surface area (Å²) in [5, 5.41) is 25.0. The van der Waals surface area contributed by atoms with Crippen molar-refractivity contribution in [2.24, 2.45) is 0 Å². The van der Waals surface area contributed by atoms with Gasteiger partial charge in [-0.1, -0.05) is 30.3 Å². The van der Waals surface area contributed by atoms with Gasteiger partial charge in [0, 0.05) is 89.7 Å².